The molecule has 0 aliphatic rings. The summed E-state index contributed by atoms with van der Waals surface area (Å²) in [5.74, 6) is 0.912. The van der Waals surface area contributed by atoms with Crippen LogP contribution >= 0.6 is 0 Å². The van der Waals surface area contributed by atoms with Gasteiger partial charge in [0.05, 0.1) is 0 Å². The van der Waals surface area contributed by atoms with Crippen molar-refractivity contribution >= 4 is 21.5 Å². The molecule has 0 aromatic heterocycles. The molecule has 2 heteroatoms. The van der Waals surface area contributed by atoms with E-state index in [9.17, 15) is 0 Å². The van der Waals surface area contributed by atoms with Gasteiger partial charge in [0.2, 0.25) is 0 Å². The zero-order valence-corrected chi connectivity index (χ0v) is 13.5. The van der Waals surface area contributed by atoms with Crippen LogP contribution in [0.1, 0.15) is 0 Å². The average Bonchev–Trinajstić information content (AvgIpc) is 2.60. The molecule has 0 N–H and O–H groups in total. The molecule has 0 bridgehead atoms. The third kappa shape index (κ3) is 2.14. The predicted octanol–water partition coefficient (Wildman–Crippen LogP) is 5.50. The molecular formula is C20H13OTi. The van der Waals surface area contributed by atoms with Gasteiger partial charge in [0.25, 0.3) is 0 Å². The van der Waals surface area contributed by atoms with Crippen molar-refractivity contribution in [2.75, 3.05) is 0 Å². The van der Waals surface area contributed by atoms with E-state index >= 15 is 0 Å². The second-order valence-electron chi connectivity index (χ2n) is 5.29. The summed E-state index contributed by atoms with van der Waals surface area (Å²) in [5, 5.41) is 4.94. The normalized spacial score (nSPS) is 10.9. The fourth-order valence-corrected chi connectivity index (χ4v) is 3.32. The Labute approximate surface area is 141 Å². The molecule has 4 aromatic rings. The predicted molar refractivity (Wildman–Crippen MR) is 87.5 cm³/mol. The molecule has 0 radical (unpaired) electrons. The van der Waals surface area contributed by atoms with Crippen LogP contribution in [0.25, 0.3) is 32.7 Å². The van der Waals surface area contributed by atoms with Gasteiger partial charge in [-0.25, -0.2) is 0 Å². The Balaban J connectivity index is 2.16. The summed E-state index contributed by atoms with van der Waals surface area (Å²) in [4.78, 5) is 0. The van der Waals surface area contributed by atoms with Gasteiger partial charge in [-0.2, -0.15) is 0 Å². The van der Waals surface area contributed by atoms with Crippen LogP contribution in [0.2, 0.25) is 0 Å². The van der Waals surface area contributed by atoms with Crippen LogP contribution in [0.15, 0.2) is 78.9 Å². The summed E-state index contributed by atoms with van der Waals surface area (Å²) in [6.07, 6.45) is 0. The maximum absolute atomic E-state index is 5.66. The minimum atomic E-state index is 0.912. The first kappa shape index (κ1) is 13.6. The number of fused-ring (bicyclic) bond motifs is 2. The van der Waals surface area contributed by atoms with Crippen LogP contribution in [0, 0.1) is 0 Å². The SMILES string of the molecule is [Ti][O]c1ccc2ccccc2c1-c1cccc2ccccc12. The van der Waals surface area contributed by atoms with Gasteiger partial charge in [0.15, 0.2) is 0 Å². The summed E-state index contributed by atoms with van der Waals surface area (Å²) in [7, 11) is 0. The first-order valence-corrected chi connectivity index (χ1v) is 7.86. The van der Waals surface area contributed by atoms with Crippen molar-refractivity contribution < 1.29 is 24.1 Å². The summed E-state index contributed by atoms with van der Waals surface area (Å²) < 4.78 is 5.66. The summed E-state index contributed by atoms with van der Waals surface area (Å²) in [5.41, 5.74) is 2.38. The van der Waals surface area contributed by atoms with Crippen LogP contribution in [0.3, 0.4) is 0 Å². The van der Waals surface area contributed by atoms with Crippen LogP contribution in [-0.4, -0.2) is 0 Å². The van der Waals surface area contributed by atoms with Crippen molar-refractivity contribution in [3.05, 3.63) is 78.9 Å². The van der Waals surface area contributed by atoms with Gasteiger partial charge in [-0.15, -0.1) is 0 Å². The molecule has 4 rings (SSSR count). The van der Waals surface area contributed by atoms with Crippen molar-refractivity contribution in [1.82, 2.24) is 0 Å². The molecule has 0 aliphatic carbocycles. The zero-order valence-electron chi connectivity index (χ0n) is 11.9. The second-order valence-corrected chi connectivity index (χ2v) is 5.61. The Morgan fingerprint density at radius 1 is 0.591 bits per heavy atom. The quantitative estimate of drug-likeness (QED) is 0.444. The molecule has 0 amide bonds. The molecule has 0 unspecified atom stereocenters. The molecule has 0 fully saturated rings. The van der Waals surface area contributed by atoms with Crippen molar-refractivity contribution in [3.8, 4) is 16.9 Å². The van der Waals surface area contributed by atoms with Crippen molar-refractivity contribution in [1.29, 1.82) is 0 Å². The van der Waals surface area contributed by atoms with Gasteiger partial charge < -0.3 is 0 Å². The molecule has 1 nitrogen and oxygen atoms in total. The molecule has 0 spiro atoms. The monoisotopic (exact) mass is 317 g/mol. The first-order valence-electron chi connectivity index (χ1n) is 7.22. The van der Waals surface area contributed by atoms with Gasteiger partial charge in [-0.05, 0) is 0 Å². The summed E-state index contributed by atoms with van der Waals surface area (Å²) in [6, 6.07) is 27.5. The van der Waals surface area contributed by atoms with E-state index in [1.165, 1.54) is 27.1 Å². The second kappa shape index (κ2) is 5.60. The van der Waals surface area contributed by atoms with Gasteiger partial charge in [0, 0.05) is 0 Å². The Morgan fingerprint density at radius 2 is 1.23 bits per heavy atom. The zero-order chi connectivity index (χ0) is 14.9. The van der Waals surface area contributed by atoms with E-state index in [1.807, 2.05) is 0 Å². The van der Waals surface area contributed by atoms with Crippen molar-refractivity contribution in [3.63, 3.8) is 0 Å². The molecule has 0 heterocycles. The van der Waals surface area contributed by atoms with E-state index in [-0.39, 0.29) is 0 Å². The average molecular weight is 317 g/mol. The molecule has 0 saturated carbocycles. The molecule has 4 aromatic carbocycles. The Kier molecular flexibility index (Phi) is 3.46. The number of rotatable bonds is 2. The van der Waals surface area contributed by atoms with Crippen LogP contribution in [-0.2, 0) is 20.8 Å². The number of hydrogen-bond acceptors (Lipinski definition) is 1. The van der Waals surface area contributed by atoms with Crippen LogP contribution in [0.4, 0.5) is 0 Å². The fourth-order valence-electron chi connectivity index (χ4n) is 3.06. The van der Waals surface area contributed by atoms with Gasteiger partial charge >= 0.3 is 141 Å². The van der Waals surface area contributed by atoms with E-state index < -0.39 is 0 Å². The number of benzene rings is 4. The van der Waals surface area contributed by atoms with Gasteiger partial charge in [0.1, 0.15) is 0 Å². The summed E-state index contributed by atoms with van der Waals surface area (Å²) in [6.45, 7) is 0. The maximum atomic E-state index is 5.66. The van der Waals surface area contributed by atoms with Crippen molar-refractivity contribution in [2.45, 2.75) is 0 Å². The van der Waals surface area contributed by atoms with Gasteiger partial charge in [-0.1, -0.05) is 0 Å². The van der Waals surface area contributed by atoms with Crippen molar-refractivity contribution in [2.24, 2.45) is 0 Å². The van der Waals surface area contributed by atoms with Gasteiger partial charge in [-0.3, -0.25) is 0 Å². The van der Waals surface area contributed by atoms with Crippen LogP contribution in [0.5, 0.6) is 5.75 Å². The number of hydrogen-bond donors (Lipinski definition) is 0. The molecule has 0 saturated heterocycles. The Bertz CT molecular complexity index is 970. The molecule has 0 atom stereocenters. The van der Waals surface area contributed by atoms with E-state index in [1.54, 1.807) is 20.8 Å². The fraction of sp³-hybridized carbons (Fsp3) is 0. The van der Waals surface area contributed by atoms with E-state index in [0.29, 0.717) is 0 Å². The van der Waals surface area contributed by atoms with Crippen LogP contribution < -0.4 is 3.32 Å². The summed E-state index contributed by atoms with van der Waals surface area (Å²) >= 11 is 1.73. The first-order chi connectivity index (χ1) is 10.9. The Hall–Kier alpha value is -2.09. The third-order valence-electron chi connectivity index (χ3n) is 4.06. The Morgan fingerprint density at radius 3 is 2.00 bits per heavy atom. The van der Waals surface area contributed by atoms with E-state index in [4.69, 9.17) is 3.32 Å². The molecule has 0 aliphatic heterocycles. The third-order valence-corrected chi connectivity index (χ3v) is 4.40. The van der Waals surface area contributed by atoms with E-state index in [0.717, 1.165) is 11.3 Å². The standard InChI is InChI=1S/C20H14O.Ti/c21-19-13-12-15-7-2-4-10-17(15)20(19)18-11-5-8-14-6-1-3-9-16(14)18;/h1-13,21H;/q;+1/p-1. The minimum absolute atomic E-state index is 0.912. The molecular weight excluding hydrogens is 304 g/mol. The topological polar surface area (TPSA) is 9.23 Å². The van der Waals surface area contributed by atoms with E-state index in [2.05, 4.69) is 78.9 Å². The molecule has 103 valence electrons. The molecule has 22 heavy (non-hydrogen) atoms.